The summed E-state index contributed by atoms with van der Waals surface area (Å²) in [5, 5.41) is 4.48. The lowest BCUT2D eigenvalue weighted by molar-refractivity contribution is 0.126. The summed E-state index contributed by atoms with van der Waals surface area (Å²) >= 11 is 0. The number of nitrogens with zero attached hydrogens (tertiary/aromatic N) is 1. The molecule has 0 aromatic rings. The first-order valence-corrected chi connectivity index (χ1v) is 12.8. The third-order valence-electron chi connectivity index (χ3n) is 2.81. The van der Waals surface area contributed by atoms with Crippen molar-refractivity contribution < 1.29 is 9.53 Å². The van der Waals surface area contributed by atoms with Crippen LogP contribution in [0.4, 0.5) is 4.79 Å². The predicted octanol–water partition coefficient (Wildman–Crippen LogP) is 8.06. The van der Waals surface area contributed by atoms with Gasteiger partial charge < -0.3 is 10.1 Å². The molecule has 0 aliphatic carbocycles. The van der Waals surface area contributed by atoms with Gasteiger partial charge in [-0.3, -0.25) is 5.84 Å². The molecule has 0 aromatic carbocycles. The largest absolute Gasteiger partial charge is 0.449 e. The molecule has 0 saturated heterocycles. The minimum atomic E-state index is -0.376. The van der Waals surface area contributed by atoms with Crippen molar-refractivity contribution >= 4 is 6.09 Å². The standard InChI is InChI=1S/C13H27N3O2.C4H6.5C2H6/c1-5-7-8-16(14)12(6-2)9-15-13(17)18-10-11(3)4;1-3-4-2;5*1-2/h5,11-12H,1,6-10,14H2,2-4H3,(H,15,17);1-2H3;5*1-2H3. The Labute approximate surface area is 204 Å². The molecule has 0 radical (unpaired) electrons. The number of hydrogen-bond acceptors (Lipinski definition) is 4. The highest BCUT2D eigenvalue weighted by molar-refractivity contribution is 5.67. The van der Waals surface area contributed by atoms with Crippen LogP contribution in [0.2, 0.25) is 0 Å². The van der Waals surface area contributed by atoms with Gasteiger partial charge in [0, 0.05) is 19.1 Å². The second kappa shape index (κ2) is 57.0. The van der Waals surface area contributed by atoms with Gasteiger partial charge in [0.15, 0.2) is 0 Å². The lowest BCUT2D eigenvalue weighted by Crippen LogP contribution is -2.47. The fourth-order valence-corrected chi connectivity index (χ4v) is 1.41. The Morgan fingerprint density at radius 3 is 1.69 bits per heavy atom. The predicted molar refractivity (Wildman–Crippen MR) is 150 cm³/mol. The molecule has 0 aromatic heterocycles. The van der Waals surface area contributed by atoms with Crippen LogP contribution in [0.25, 0.3) is 0 Å². The fourth-order valence-electron chi connectivity index (χ4n) is 1.41. The van der Waals surface area contributed by atoms with E-state index in [1.165, 1.54) is 0 Å². The third kappa shape index (κ3) is 56.7. The number of nitrogens with two attached hydrogens (primary N) is 1. The van der Waals surface area contributed by atoms with Crippen LogP contribution in [0.3, 0.4) is 0 Å². The van der Waals surface area contributed by atoms with E-state index in [0.717, 1.165) is 19.4 Å². The zero-order valence-electron chi connectivity index (χ0n) is 24.8. The van der Waals surface area contributed by atoms with Crippen LogP contribution in [0.1, 0.15) is 117 Å². The highest BCUT2D eigenvalue weighted by atomic mass is 16.5. The number of rotatable bonds is 9. The average Bonchev–Trinajstić information content (AvgIpc) is 2.88. The molecule has 1 unspecified atom stereocenters. The molecule has 5 heteroatoms. The highest BCUT2D eigenvalue weighted by Gasteiger charge is 2.14. The van der Waals surface area contributed by atoms with Crippen LogP contribution in [0.5, 0.6) is 0 Å². The Hall–Kier alpha value is -1.51. The van der Waals surface area contributed by atoms with E-state index in [1.54, 1.807) is 5.01 Å². The number of hydrogen-bond donors (Lipinski definition) is 2. The van der Waals surface area contributed by atoms with Gasteiger partial charge in [-0.1, -0.05) is 96.1 Å². The zero-order chi connectivity index (χ0) is 27.4. The van der Waals surface area contributed by atoms with Crippen molar-refractivity contribution in [2.45, 2.75) is 123 Å². The Balaban J connectivity index is -0.0000000744. The molecule has 0 saturated carbocycles. The number of nitrogens with one attached hydrogen (secondary N) is 1. The summed E-state index contributed by atoms with van der Waals surface area (Å²) in [6.45, 7) is 35.0. The van der Waals surface area contributed by atoms with E-state index in [2.05, 4.69) is 23.7 Å². The second-order valence-corrected chi connectivity index (χ2v) is 5.25. The highest BCUT2D eigenvalue weighted by Crippen LogP contribution is 2.00. The second-order valence-electron chi connectivity index (χ2n) is 5.25. The summed E-state index contributed by atoms with van der Waals surface area (Å²) < 4.78 is 5.03. The zero-order valence-corrected chi connectivity index (χ0v) is 24.8. The molecule has 1 amide bonds. The first kappa shape index (κ1) is 48.1. The van der Waals surface area contributed by atoms with Crippen molar-refractivity contribution in [1.29, 1.82) is 0 Å². The SMILES string of the molecule is C=CCCN(N)C(CC)CNC(=O)OCC(C)C.CC.CC.CC.CC.CC.CC#CC. The molecule has 3 N–H and O–H groups in total. The van der Waals surface area contributed by atoms with Gasteiger partial charge in [0.1, 0.15) is 0 Å². The van der Waals surface area contributed by atoms with E-state index in [-0.39, 0.29) is 12.1 Å². The van der Waals surface area contributed by atoms with Crippen LogP contribution >= 0.6 is 0 Å². The molecule has 0 aliphatic heterocycles. The topological polar surface area (TPSA) is 67.6 Å². The molecule has 0 rings (SSSR count). The molecule has 0 spiro atoms. The molecule has 0 bridgehead atoms. The van der Waals surface area contributed by atoms with Gasteiger partial charge in [0.05, 0.1) is 6.61 Å². The van der Waals surface area contributed by atoms with Gasteiger partial charge in [-0.2, -0.15) is 0 Å². The van der Waals surface area contributed by atoms with Crippen LogP contribution in [-0.2, 0) is 4.74 Å². The first-order valence-electron chi connectivity index (χ1n) is 12.8. The summed E-state index contributed by atoms with van der Waals surface area (Å²) in [6.07, 6.45) is 3.17. The number of amides is 1. The van der Waals surface area contributed by atoms with E-state index < -0.39 is 0 Å². The van der Waals surface area contributed by atoms with Crippen LogP contribution in [-0.4, -0.2) is 36.8 Å². The third-order valence-corrected chi connectivity index (χ3v) is 2.81. The van der Waals surface area contributed by atoms with Crippen molar-refractivity contribution in [1.82, 2.24) is 10.3 Å². The maximum Gasteiger partial charge on any atom is 0.407 e. The van der Waals surface area contributed by atoms with E-state index in [4.69, 9.17) is 10.6 Å². The Morgan fingerprint density at radius 2 is 1.41 bits per heavy atom. The first-order chi connectivity index (χ1) is 15.4. The van der Waals surface area contributed by atoms with Gasteiger partial charge in [-0.05, 0) is 32.6 Å². The van der Waals surface area contributed by atoms with E-state index in [0.29, 0.717) is 19.1 Å². The van der Waals surface area contributed by atoms with Crippen LogP contribution in [0, 0.1) is 17.8 Å². The maximum atomic E-state index is 11.4. The molecule has 0 aliphatic rings. The van der Waals surface area contributed by atoms with Crippen molar-refractivity contribution in [2.75, 3.05) is 19.7 Å². The van der Waals surface area contributed by atoms with Crippen LogP contribution in [0.15, 0.2) is 12.7 Å². The lowest BCUT2D eigenvalue weighted by atomic mass is 10.2. The Kier molecular flexibility index (Phi) is 85.6. The summed E-state index contributed by atoms with van der Waals surface area (Å²) in [6, 6.07) is 0.122. The number of alkyl carbamates (subject to hydrolysis) is 1. The van der Waals surface area contributed by atoms with Crippen molar-refractivity contribution in [3.63, 3.8) is 0 Å². The smallest absolute Gasteiger partial charge is 0.407 e. The minimum absolute atomic E-state index is 0.122. The number of ether oxygens (including phenoxy) is 1. The van der Waals surface area contributed by atoms with Crippen molar-refractivity contribution in [2.24, 2.45) is 11.8 Å². The van der Waals surface area contributed by atoms with E-state index in [1.807, 2.05) is 110 Å². The molecule has 0 fully saturated rings. The van der Waals surface area contributed by atoms with Gasteiger partial charge in [0.25, 0.3) is 0 Å². The number of carbonyl (C=O) groups excluding carboxylic acids is 1. The number of hydrazine groups is 1. The average molecular weight is 462 g/mol. The molecule has 1 atom stereocenters. The molecule has 198 valence electrons. The fraction of sp³-hybridized carbons (Fsp3) is 0.815. The molecule has 0 heterocycles. The summed E-state index contributed by atoms with van der Waals surface area (Å²) in [7, 11) is 0. The molecule has 32 heavy (non-hydrogen) atoms. The lowest BCUT2D eigenvalue weighted by Gasteiger charge is -2.26. The summed E-state index contributed by atoms with van der Waals surface area (Å²) in [5.41, 5.74) is 0. The Morgan fingerprint density at radius 1 is 1.00 bits per heavy atom. The van der Waals surface area contributed by atoms with Crippen molar-refractivity contribution in [3.8, 4) is 11.8 Å². The Bertz CT molecular complexity index is 343. The monoisotopic (exact) mass is 461 g/mol. The van der Waals surface area contributed by atoms with Gasteiger partial charge in [-0.15, -0.1) is 18.4 Å². The summed E-state index contributed by atoms with van der Waals surface area (Å²) in [5.74, 6) is 11.6. The summed E-state index contributed by atoms with van der Waals surface area (Å²) in [4.78, 5) is 11.4. The van der Waals surface area contributed by atoms with Crippen molar-refractivity contribution in [3.05, 3.63) is 12.7 Å². The number of carbonyl (C=O) groups is 1. The molecular weight excluding hydrogens is 398 g/mol. The van der Waals surface area contributed by atoms with Crippen LogP contribution < -0.4 is 11.2 Å². The van der Waals surface area contributed by atoms with Gasteiger partial charge >= 0.3 is 6.09 Å². The maximum absolute atomic E-state index is 11.4. The van der Waals surface area contributed by atoms with E-state index >= 15 is 0 Å². The normalized spacial score (nSPS) is 8.44. The molecular formula is C27H63N3O2. The van der Waals surface area contributed by atoms with Gasteiger partial charge in [-0.25, -0.2) is 9.80 Å². The molecule has 5 nitrogen and oxygen atoms in total. The quantitative estimate of drug-likeness (QED) is 0.158. The van der Waals surface area contributed by atoms with Gasteiger partial charge in [0.2, 0.25) is 0 Å². The van der Waals surface area contributed by atoms with E-state index in [9.17, 15) is 4.79 Å². The minimum Gasteiger partial charge on any atom is -0.449 e.